The van der Waals surface area contributed by atoms with Crippen LogP contribution in [0.2, 0.25) is 0 Å². The lowest BCUT2D eigenvalue weighted by Crippen LogP contribution is -2.54. The number of hydrogen-bond acceptors (Lipinski definition) is 6. The average Bonchev–Trinajstić information content (AvgIpc) is 2.77. The second kappa shape index (κ2) is 12.5. The molecule has 13 heteroatoms. The van der Waals surface area contributed by atoms with Crippen LogP contribution in [-0.4, -0.2) is 50.0 Å². The summed E-state index contributed by atoms with van der Waals surface area (Å²) < 4.78 is 27.8. The van der Waals surface area contributed by atoms with Gasteiger partial charge >= 0.3 is 0 Å². The van der Waals surface area contributed by atoms with Crippen molar-refractivity contribution in [2.75, 3.05) is 6.61 Å². The molecule has 11 nitrogen and oxygen atoms in total. The molecule has 0 fully saturated rings. The molecular weight excluding hydrogens is 528 g/mol. The Morgan fingerprint density at radius 1 is 1.03 bits per heavy atom. The van der Waals surface area contributed by atoms with Crippen molar-refractivity contribution in [2.24, 2.45) is 16.5 Å². The number of nitrogens with one attached hydrogen (secondary N) is 3. The zero-order valence-electron chi connectivity index (χ0n) is 18.4. The summed E-state index contributed by atoms with van der Waals surface area (Å²) in [6, 6.07) is 11.0. The number of aliphatic imine (C=N–C) groups is 1. The van der Waals surface area contributed by atoms with Gasteiger partial charge in [0.05, 0.1) is 18.0 Å². The smallest absolute Gasteiger partial charge is 0.242 e. The summed E-state index contributed by atoms with van der Waals surface area (Å²) in [7, 11) is -3.93. The van der Waals surface area contributed by atoms with E-state index in [0.717, 1.165) is 10.0 Å². The van der Waals surface area contributed by atoms with Crippen LogP contribution in [0.25, 0.3) is 0 Å². The quantitative estimate of drug-likeness (QED) is 0.166. The van der Waals surface area contributed by atoms with Crippen molar-refractivity contribution in [3.05, 3.63) is 64.1 Å². The first kappa shape index (κ1) is 27.2. The van der Waals surface area contributed by atoms with Crippen LogP contribution in [0.4, 0.5) is 5.69 Å². The van der Waals surface area contributed by atoms with Gasteiger partial charge in [-0.15, -0.1) is 0 Å². The summed E-state index contributed by atoms with van der Waals surface area (Å²) in [6.45, 7) is 0.853. The Hall–Kier alpha value is -3.00. The molecule has 2 amide bonds. The molecule has 8 N–H and O–H groups in total. The molecule has 0 aliphatic heterocycles. The fraction of sp³-hybridized carbons (Fsp3) is 0.286. The van der Waals surface area contributed by atoms with Gasteiger partial charge in [-0.3, -0.25) is 9.59 Å². The van der Waals surface area contributed by atoms with Crippen LogP contribution in [-0.2, 0) is 31.9 Å². The lowest BCUT2D eigenvalue weighted by molar-refractivity contribution is -0.130. The average molecular weight is 555 g/mol. The molecule has 2 aromatic carbocycles. The Kier molecular flexibility index (Phi) is 9.98. The van der Waals surface area contributed by atoms with Crippen molar-refractivity contribution < 1.29 is 23.1 Å². The van der Waals surface area contributed by atoms with E-state index in [1.807, 2.05) is 0 Å². The molecule has 2 aromatic rings. The molecule has 0 aromatic heterocycles. The van der Waals surface area contributed by atoms with Crippen LogP contribution >= 0.6 is 15.9 Å². The third-order valence-electron chi connectivity index (χ3n) is 4.50. The van der Waals surface area contributed by atoms with Gasteiger partial charge in [0.2, 0.25) is 21.8 Å². The maximum atomic E-state index is 12.4. The number of amides is 2. The summed E-state index contributed by atoms with van der Waals surface area (Å²) in [4.78, 5) is 28.7. The predicted octanol–water partition coefficient (Wildman–Crippen LogP) is -0.0446. The maximum absolute atomic E-state index is 12.4. The van der Waals surface area contributed by atoms with Crippen molar-refractivity contribution in [3.8, 4) is 0 Å². The van der Waals surface area contributed by atoms with Crippen molar-refractivity contribution in [2.45, 2.75) is 31.3 Å². The van der Waals surface area contributed by atoms with Crippen molar-refractivity contribution in [1.29, 1.82) is 0 Å². The highest BCUT2D eigenvalue weighted by molar-refractivity contribution is 9.10. The zero-order chi connectivity index (χ0) is 25.3. The molecule has 0 saturated heterocycles. The minimum atomic E-state index is -3.93. The molecule has 2 rings (SSSR count). The van der Waals surface area contributed by atoms with Gasteiger partial charge in [-0.2, -0.15) is 0 Å². The Morgan fingerprint density at radius 2 is 1.62 bits per heavy atom. The van der Waals surface area contributed by atoms with Crippen LogP contribution in [0.1, 0.15) is 18.1 Å². The Labute approximate surface area is 206 Å². The number of halogens is 1. The SMILES string of the molecule is C[C@@H](NC(=O)[C@H](CO)NS(=O)(=O)Cc1ccc(Br)cc1)C(=O)NCc1ccc(N=C(N)N)cc1. The number of benzene rings is 2. The summed E-state index contributed by atoms with van der Waals surface area (Å²) >= 11 is 3.27. The minimum Gasteiger partial charge on any atom is -0.394 e. The predicted molar refractivity (Wildman–Crippen MR) is 132 cm³/mol. The number of nitrogens with zero attached hydrogens (tertiary/aromatic N) is 1. The van der Waals surface area contributed by atoms with E-state index in [0.29, 0.717) is 11.3 Å². The van der Waals surface area contributed by atoms with Gasteiger partial charge in [-0.25, -0.2) is 18.1 Å². The second-order valence-corrected chi connectivity index (χ2v) is 10.1. The van der Waals surface area contributed by atoms with Crippen molar-refractivity contribution >= 4 is 49.4 Å². The standard InChI is InChI=1S/C21H27BrN6O5S/c1-13(19(30)25-10-14-4-8-17(9-5-14)27-21(23)24)26-20(31)18(11-29)28-34(32,33)12-15-2-6-16(22)7-3-15/h2-9,13,18,28-29H,10-12H2,1H3,(H,25,30)(H,26,31)(H4,23,24,27)/t13-,18+/m1/s1. The molecule has 34 heavy (non-hydrogen) atoms. The van der Waals surface area contributed by atoms with Gasteiger partial charge < -0.3 is 27.2 Å². The van der Waals surface area contributed by atoms with E-state index >= 15 is 0 Å². The third-order valence-corrected chi connectivity index (χ3v) is 6.39. The molecule has 0 aliphatic rings. The summed E-state index contributed by atoms with van der Waals surface area (Å²) in [6.07, 6.45) is 0. The molecule has 0 radical (unpaired) electrons. The fourth-order valence-corrected chi connectivity index (χ4v) is 4.39. The molecule has 184 valence electrons. The number of nitrogens with two attached hydrogens (primary N) is 2. The highest BCUT2D eigenvalue weighted by Crippen LogP contribution is 2.13. The maximum Gasteiger partial charge on any atom is 0.242 e. The zero-order valence-corrected chi connectivity index (χ0v) is 20.8. The van der Waals surface area contributed by atoms with Gasteiger partial charge in [-0.05, 0) is 42.3 Å². The third kappa shape index (κ3) is 9.09. The van der Waals surface area contributed by atoms with E-state index in [-0.39, 0.29) is 18.3 Å². The van der Waals surface area contributed by atoms with Gasteiger partial charge in [0.15, 0.2) is 5.96 Å². The number of aliphatic hydroxyl groups excluding tert-OH is 1. The Morgan fingerprint density at radius 3 is 2.18 bits per heavy atom. The molecule has 0 heterocycles. The second-order valence-electron chi connectivity index (χ2n) is 7.39. The number of carbonyl (C=O) groups excluding carboxylic acids is 2. The first-order chi connectivity index (χ1) is 16.0. The fourth-order valence-electron chi connectivity index (χ4n) is 2.79. The first-order valence-corrected chi connectivity index (χ1v) is 12.6. The van der Waals surface area contributed by atoms with Gasteiger partial charge in [0, 0.05) is 11.0 Å². The van der Waals surface area contributed by atoms with Crippen molar-refractivity contribution in [3.63, 3.8) is 0 Å². The molecular formula is C21H27BrN6O5S. The highest BCUT2D eigenvalue weighted by atomic mass is 79.9. The molecule has 2 atom stereocenters. The monoisotopic (exact) mass is 554 g/mol. The number of carbonyl (C=O) groups is 2. The lowest BCUT2D eigenvalue weighted by Gasteiger charge is -2.19. The van der Waals surface area contributed by atoms with Crippen LogP contribution in [0.3, 0.4) is 0 Å². The Bertz CT molecular complexity index is 1120. The molecule has 0 spiro atoms. The normalized spacial score (nSPS) is 12.9. The molecule has 0 saturated carbocycles. The first-order valence-electron chi connectivity index (χ1n) is 10.1. The molecule has 0 bridgehead atoms. The van der Waals surface area contributed by atoms with Crippen LogP contribution < -0.4 is 26.8 Å². The van der Waals surface area contributed by atoms with E-state index in [2.05, 4.69) is 36.3 Å². The molecule has 0 unspecified atom stereocenters. The summed E-state index contributed by atoms with van der Waals surface area (Å²) in [5, 5.41) is 14.6. The number of guanidine groups is 1. The summed E-state index contributed by atoms with van der Waals surface area (Å²) in [5.74, 6) is -1.76. The van der Waals surface area contributed by atoms with E-state index < -0.39 is 40.5 Å². The van der Waals surface area contributed by atoms with Crippen molar-refractivity contribution in [1.82, 2.24) is 15.4 Å². The number of sulfonamides is 1. The van der Waals surface area contributed by atoms with Crippen LogP contribution in [0.5, 0.6) is 0 Å². The van der Waals surface area contributed by atoms with Crippen LogP contribution in [0, 0.1) is 0 Å². The minimum absolute atomic E-state index is 0.0672. The van der Waals surface area contributed by atoms with Crippen LogP contribution in [0.15, 0.2) is 58.0 Å². The molecule has 0 aliphatic carbocycles. The largest absolute Gasteiger partial charge is 0.394 e. The number of aliphatic hydroxyl groups is 1. The topological polar surface area (TPSA) is 189 Å². The number of hydrogen-bond donors (Lipinski definition) is 6. The van der Waals surface area contributed by atoms with E-state index in [4.69, 9.17) is 11.5 Å². The van der Waals surface area contributed by atoms with E-state index in [9.17, 15) is 23.1 Å². The van der Waals surface area contributed by atoms with Gasteiger partial charge in [0.1, 0.15) is 12.1 Å². The van der Waals surface area contributed by atoms with Gasteiger partial charge in [-0.1, -0.05) is 40.2 Å². The summed E-state index contributed by atoms with van der Waals surface area (Å²) in [5.41, 5.74) is 12.5. The Balaban J connectivity index is 1.88. The number of rotatable bonds is 11. The van der Waals surface area contributed by atoms with E-state index in [1.165, 1.54) is 6.92 Å². The lowest BCUT2D eigenvalue weighted by atomic mass is 10.2. The van der Waals surface area contributed by atoms with E-state index in [1.54, 1.807) is 48.5 Å². The highest BCUT2D eigenvalue weighted by Gasteiger charge is 2.26. The van der Waals surface area contributed by atoms with Gasteiger partial charge in [0.25, 0.3) is 0 Å².